The van der Waals surface area contributed by atoms with Crippen LogP contribution in [0.15, 0.2) is 109 Å². The van der Waals surface area contributed by atoms with Crippen LogP contribution in [0.5, 0.6) is 69.0 Å². The maximum Gasteiger partial charge on any atom is 0.343 e. The van der Waals surface area contributed by atoms with Gasteiger partial charge in [-0.2, -0.15) is 0 Å². The fourth-order valence-electron chi connectivity index (χ4n) is 6.96. The molecule has 0 amide bonds. The second-order valence-electron chi connectivity index (χ2n) is 19.6. The van der Waals surface area contributed by atoms with Gasteiger partial charge in [-0.05, 0) is 156 Å². The summed E-state index contributed by atoms with van der Waals surface area (Å²) in [5.74, 6) is -13.3. The van der Waals surface area contributed by atoms with Crippen LogP contribution in [0.2, 0.25) is 0 Å². The molecule has 9 aromatic rings. The van der Waals surface area contributed by atoms with E-state index in [1.807, 2.05) is 83.1 Å². The number of carboxylic acid groups (broad SMARTS) is 6. The van der Waals surface area contributed by atoms with Crippen molar-refractivity contribution in [2.75, 3.05) is 0 Å². The Kier molecular flexibility index (Phi) is 32.0. The minimum Gasteiger partial charge on any atom is -0.507 e. The van der Waals surface area contributed by atoms with Crippen molar-refractivity contribution in [1.82, 2.24) is 29.9 Å². The molecule has 0 bridgehead atoms. The molecule has 3 aromatic heterocycles. The van der Waals surface area contributed by atoms with Gasteiger partial charge >= 0.3 is 35.8 Å². The van der Waals surface area contributed by atoms with Crippen LogP contribution in [-0.2, 0) is 0 Å². The molecule has 0 fully saturated rings. The summed E-state index contributed by atoms with van der Waals surface area (Å²) in [7, 11) is 0. The van der Waals surface area contributed by atoms with Crippen LogP contribution in [0.4, 0.5) is 0 Å². The van der Waals surface area contributed by atoms with Gasteiger partial charge in [-0.3, -0.25) is 29.9 Å². The predicted octanol–water partition coefficient (Wildman–Crippen LogP) is 9.91. The molecule has 0 saturated heterocycles. The van der Waals surface area contributed by atoms with Crippen LogP contribution in [0.1, 0.15) is 130 Å². The number of phenols is 12. The van der Waals surface area contributed by atoms with E-state index in [0.717, 1.165) is 68.3 Å². The molecule has 0 atom stereocenters. The zero-order valence-electron chi connectivity index (χ0n) is 53.6. The summed E-state index contributed by atoms with van der Waals surface area (Å²) in [4.78, 5) is 87.8. The maximum atomic E-state index is 10.3. The van der Waals surface area contributed by atoms with E-state index in [-0.39, 0.29) is 0 Å². The van der Waals surface area contributed by atoms with Crippen molar-refractivity contribution >= 4 is 35.8 Å². The Morgan fingerprint density at radius 3 is 0.312 bits per heavy atom. The standard InChI is InChI=1S/3C8H12N2.6C7H6O4/c3*1-5-6(2)10-8(4)7(3)9-5;6*8-4-2-1-3-5(9)6(4)7(10)11/h3*1-4H3;6*1-3,8-9H,(H,10,11). The molecular formula is C66H72N6O24. The zero-order chi connectivity index (χ0) is 73.8. The molecule has 0 saturated carbocycles. The van der Waals surface area contributed by atoms with Crippen molar-refractivity contribution in [3.63, 3.8) is 0 Å². The predicted molar refractivity (Wildman–Crippen MR) is 343 cm³/mol. The number of aromatic hydroxyl groups is 12. The van der Waals surface area contributed by atoms with Gasteiger partial charge in [0.05, 0.1) is 68.3 Å². The number of rotatable bonds is 6. The van der Waals surface area contributed by atoms with Gasteiger partial charge in [0.2, 0.25) is 0 Å². The first-order valence-electron chi connectivity index (χ1n) is 27.4. The smallest absolute Gasteiger partial charge is 0.343 e. The summed E-state index contributed by atoms with van der Waals surface area (Å²) in [5, 5.41) is 158. The van der Waals surface area contributed by atoms with Crippen LogP contribution >= 0.6 is 0 Å². The molecule has 0 unspecified atom stereocenters. The van der Waals surface area contributed by atoms with E-state index in [0.29, 0.717) is 0 Å². The summed E-state index contributed by atoms with van der Waals surface area (Å²) in [6.07, 6.45) is 0. The third-order valence-electron chi connectivity index (χ3n) is 12.6. The lowest BCUT2D eigenvalue weighted by Gasteiger charge is -2.01. The molecule has 0 aliphatic rings. The Morgan fingerprint density at radius 1 is 0.188 bits per heavy atom. The highest BCUT2D eigenvalue weighted by atomic mass is 16.4. The van der Waals surface area contributed by atoms with E-state index in [2.05, 4.69) is 29.9 Å². The first-order valence-corrected chi connectivity index (χ1v) is 27.4. The van der Waals surface area contributed by atoms with E-state index < -0.39 is 138 Å². The van der Waals surface area contributed by atoms with Crippen LogP contribution in [-0.4, -0.2) is 158 Å². The molecule has 9 rings (SSSR count). The van der Waals surface area contributed by atoms with E-state index in [4.69, 9.17) is 91.9 Å². The summed E-state index contributed by atoms with van der Waals surface area (Å²) in [5.41, 5.74) is 9.58. The Balaban J connectivity index is 0.000000540. The number of nitrogens with zero attached hydrogens (tertiary/aromatic N) is 6. The summed E-state index contributed by atoms with van der Waals surface area (Å²) in [6, 6.07) is 22.5. The number of aryl methyl sites for hydroxylation is 12. The number of carboxylic acids is 6. The molecule has 0 spiro atoms. The van der Waals surface area contributed by atoms with Gasteiger partial charge in [0, 0.05) is 0 Å². The van der Waals surface area contributed by atoms with Gasteiger partial charge in [0.1, 0.15) is 102 Å². The Morgan fingerprint density at radius 2 is 0.260 bits per heavy atom. The molecule has 96 heavy (non-hydrogen) atoms. The number of hydrogen-bond donors (Lipinski definition) is 18. The second kappa shape index (κ2) is 38.0. The Labute approximate surface area is 547 Å². The topological polar surface area (TPSA) is 544 Å². The number of benzene rings is 6. The molecular weight excluding hydrogens is 1260 g/mol. The molecule has 0 radical (unpaired) electrons. The second-order valence-corrected chi connectivity index (χ2v) is 19.6. The summed E-state index contributed by atoms with van der Waals surface area (Å²) in [6.45, 7) is 23.8. The van der Waals surface area contributed by atoms with E-state index in [1.165, 1.54) is 109 Å². The minimum absolute atomic E-state index is 0.433. The monoisotopic (exact) mass is 1330 g/mol. The van der Waals surface area contributed by atoms with E-state index in [1.54, 1.807) is 0 Å². The highest BCUT2D eigenvalue weighted by molar-refractivity contribution is 5.96. The lowest BCUT2D eigenvalue weighted by molar-refractivity contribution is 0.0678. The lowest BCUT2D eigenvalue weighted by atomic mass is 10.2. The number of hydrogen-bond acceptors (Lipinski definition) is 24. The zero-order valence-corrected chi connectivity index (χ0v) is 53.6. The summed E-state index contributed by atoms with van der Waals surface area (Å²) >= 11 is 0. The fourth-order valence-corrected chi connectivity index (χ4v) is 6.96. The molecule has 0 aliphatic heterocycles. The van der Waals surface area contributed by atoms with Gasteiger partial charge in [0.25, 0.3) is 0 Å². The van der Waals surface area contributed by atoms with Gasteiger partial charge in [-0.1, -0.05) is 36.4 Å². The minimum atomic E-state index is -1.35. The largest absolute Gasteiger partial charge is 0.507 e. The molecule has 18 N–H and O–H groups in total. The van der Waals surface area contributed by atoms with Crippen molar-refractivity contribution < 1.29 is 121 Å². The molecule has 6 aromatic carbocycles. The van der Waals surface area contributed by atoms with Crippen LogP contribution in [0, 0.1) is 83.1 Å². The molecule has 0 aliphatic carbocycles. The first-order chi connectivity index (χ1) is 44.6. The van der Waals surface area contributed by atoms with Gasteiger partial charge < -0.3 is 91.9 Å². The number of aromatic nitrogens is 6. The van der Waals surface area contributed by atoms with Crippen LogP contribution < -0.4 is 0 Å². The highest BCUT2D eigenvalue weighted by Crippen LogP contribution is 2.30. The average Bonchev–Trinajstić information content (AvgIpc) is 0.965. The van der Waals surface area contributed by atoms with E-state index in [9.17, 15) is 28.8 Å². The fraction of sp³-hybridized carbons (Fsp3) is 0.182. The number of aromatic carboxylic acids is 6. The third kappa shape index (κ3) is 25.3. The van der Waals surface area contributed by atoms with Crippen molar-refractivity contribution in [1.29, 1.82) is 0 Å². The van der Waals surface area contributed by atoms with E-state index >= 15 is 0 Å². The molecule has 30 nitrogen and oxygen atoms in total. The van der Waals surface area contributed by atoms with Crippen molar-refractivity contribution in [2.24, 2.45) is 0 Å². The van der Waals surface area contributed by atoms with Gasteiger partial charge in [-0.15, -0.1) is 0 Å². The van der Waals surface area contributed by atoms with Gasteiger partial charge in [-0.25, -0.2) is 28.8 Å². The van der Waals surface area contributed by atoms with Gasteiger partial charge in [0.15, 0.2) is 0 Å². The van der Waals surface area contributed by atoms with Crippen molar-refractivity contribution in [2.45, 2.75) is 83.1 Å². The quantitative estimate of drug-likeness (QED) is 0.0735. The summed E-state index contributed by atoms with van der Waals surface area (Å²) < 4.78 is 0. The van der Waals surface area contributed by atoms with Crippen molar-refractivity contribution in [3.05, 3.63) is 211 Å². The maximum absolute atomic E-state index is 10.3. The van der Waals surface area contributed by atoms with Crippen LogP contribution in [0.3, 0.4) is 0 Å². The normalized spacial score (nSPS) is 9.62. The Bertz CT molecular complexity index is 3360. The van der Waals surface area contributed by atoms with Crippen molar-refractivity contribution in [3.8, 4) is 69.0 Å². The average molecular weight is 1330 g/mol. The first kappa shape index (κ1) is 81.0. The molecule has 3 heterocycles. The number of carbonyl (C=O) groups is 6. The molecule has 30 heteroatoms. The van der Waals surface area contributed by atoms with Crippen LogP contribution in [0.25, 0.3) is 0 Å². The Hall–Kier alpha value is -13.0. The SMILES string of the molecule is Cc1nc(C)c(C)nc1C.Cc1nc(C)c(C)nc1C.Cc1nc(C)c(C)nc1C.O=C(O)c1c(O)cccc1O.O=C(O)c1c(O)cccc1O.O=C(O)c1c(O)cccc1O.O=C(O)c1c(O)cccc1O.O=C(O)c1c(O)cccc1O.O=C(O)c1c(O)cccc1O. The lowest BCUT2D eigenvalue weighted by Crippen LogP contribution is -1.97. The third-order valence-corrected chi connectivity index (χ3v) is 12.6. The molecule has 510 valence electrons. The highest BCUT2D eigenvalue weighted by Gasteiger charge is 2.18.